The molecule has 0 amide bonds. The number of hydrogen-bond acceptors (Lipinski definition) is 5. The van der Waals surface area contributed by atoms with Gasteiger partial charge in [0.2, 0.25) is 0 Å². The summed E-state index contributed by atoms with van der Waals surface area (Å²) in [6.45, 7) is 4.95. The highest BCUT2D eigenvalue weighted by Gasteiger charge is 2.23. The third-order valence-corrected chi connectivity index (χ3v) is 2.68. The van der Waals surface area contributed by atoms with E-state index in [2.05, 4.69) is 4.99 Å². The molecule has 1 saturated heterocycles. The molecule has 0 spiro atoms. The van der Waals surface area contributed by atoms with Crippen molar-refractivity contribution in [2.24, 2.45) is 16.6 Å². The maximum Gasteiger partial charge on any atom is 0.305 e. The van der Waals surface area contributed by atoms with Gasteiger partial charge >= 0.3 is 5.70 Å². The van der Waals surface area contributed by atoms with E-state index >= 15 is 0 Å². The van der Waals surface area contributed by atoms with Crippen molar-refractivity contribution in [1.29, 1.82) is 0 Å². The van der Waals surface area contributed by atoms with Gasteiger partial charge in [0.05, 0.1) is 23.8 Å². The van der Waals surface area contributed by atoms with Gasteiger partial charge in [0.25, 0.3) is 0 Å². The fourth-order valence-electron chi connectivity index (χ4n) is 1.69. The first-order chi connectivity index (χ1) is 7.56. The summed E-state index contributed by atoms with van der Waals surface area (Å²) >= 11 is 0. The molecule has 16 heavy (non-hydrogen) atoms. The van der Waals surface area contributed by atoms with Crippen molar-refractivity contribution in [3.8, 4) is 0 Å². The topological polar surface area (TPSA) is 90.8 Å². The number of aliphatic imine (C=N–C) groups is 1. The Morgan fingerprint density at radius 2 is 2.38 bits per heavy atom. The molecule has 0 radical (unpaired) electrons. The van der Waals surface area contributed by atoms with Gasteiger partial charge in [0.15, 0.2) is 0 Å². The molecule has 0 aliphatic carbocycles. The summed E-state index contributed by atoms with van der Waals surface area (Å²) in [7, 11) is 0. The molecular weight excluding hydrogens is 210 g/mol. The Hall–Kier alpha value is -1.43. The number of rotatable bonds is 3. The third kappa shape index (κ3) is 3.03. The highest BCUT2D eigenvalue weighted by Crippen LogP contribution is 2.18. The predicted molar refractivity (Wildman–Crippen MR) is 60.8 cm³/mol. The first kappa shape index (κ1) is 12.6. The zero-order valence-corrected chi connectivity index (χ0v) is 9.55. The Balaban J connectivity index is 2.78. The first-order valence-electron chi connectivity index (χ1n) is 5.25. The summed E-state index contributed by atoms with van der Waals surface area (Å²) < 4.78 is 5.29. The van der Waals surface area contributed by atoms with Gasteiger partial charge in [0.1, 0.15) is 5.71 Å². The van der Waals surface area contributed by atoms with Gasteiger partial charge in [-0.25, -0.2) is 0 Å². The lowest BCUT2D eigenvalue weighted by Gasteiger charge is -2.25. The van der Waals surface area contributed by atoms with E-state index in [4.69, 9.17) is 10.5 Å². The summed E-state index contributed by atoms with van der Waals surface area (Å²) in [4.78, 5) is 14.5. The molecule has 6 heteroatoms. The number of nitro groups is 1. The van der Waals surface area contributed by atoms with Crippen LogP contribution in [0.25, 0.3) is 0 Å². The SMILES string of the molecule is CC(=NC1CCOCC1C)C(=CN)[N+](=O)[O-]. The molecule has 1 aliphatic heterocycles. The molecule has 90 valence electrons. The van der Waals surface area contributed by atoms with Crippen molar-refractivity contribution < 1.29 is 9.66 Å². The van der Waals surface area contributed by atoms with Gasteiger partial charge in [0, 0.05) is 12.5 Å². The molecule has 0 aromatic heterocycles. The van der Waals surface area contributed by atoms with Crippen LogP contribution in [0.1, 0.15) is 20.3 Å². The second-order valence-corrected chi connectivity index (χ2v) is 3.93. The van der Waals surface area contributed by atoms with Crippen LogP contribution in [0.15, 0.2) is 16.9 Å². The normalized spacial score (nSPS) is 27.9. The number of allylic oxidation sites excluding steroid dienone is 1. The summed E-state index contributed by atoms with van der Waals surface area (Å²) in [5, 5.41) is 10.6. The predicted octanol–water partition coefficient (Wildman–Crippen LogP) is 0.949. The van der Waals surface area contributed by atoms with E-state index in [1.165, 1.54) is 0 Å². The fourth-order valence-corrected chi connectivity index (χ4v) is 1.69. The van der Waals surface area contributed by atoms with Crippen LogP contribution >= 0.6 is 0 Å². The van der Waals surface area contributed by atoms with Crippen LogP contribution in [0, 0.1) is 16.0 Å². The van der Waals surface area contributed by atoms with E-state index in [9.17, 15) is 10.1 Å². The second kappa shape index (κ2) is 5.60. The van der Waals surface area contributed by atoms with Crippen molar-refractivity contribution in [2.75, 3.05) is 13.2 Å². The number of hydrogen-bond donors (Lipinski definition) is 1. The zero-order valence-electron chi connectivity index (χ0n) is 9.55. The molecule has 2 N–H and O–H groups in total. The molecule has 1 aliphatic rings. The molecule has 2 unspecified atom stereocenters. The molecule has 0 saturated carbocycles. The van der Waals surface area contributed by atoms with Crippen molar-refractivity contribution >= 4 is 5.71 Å². The minimum Gasteiger partial charge on any atom is -0.399 e. The summed E-state index contributed by atoms with van der Waals surface area (Å²) in [5.74, 6) is 0.287. The third-order valence-electron chi connectivity index (χ3n) is 2.68. The van der Waals surface area contributed by atoms with Crippen LogP contribution < -0.4 is 5.73 Å². The van der Waals surface area contributed by atoms with Crippen LogP contribution in [0.4, 0.5) is 0 Å². The average molecular weight is 227 g/mol. The Morgan fingerprint density at radius 3 is 2.88 bits per heavy atom. The summed E-state index contributed by atoms with van der Waals surface area (Å²) in [6, 6.07) is 0.0867. The number of nitrogens with two attached hydrogens (primary N) is 1. The van der Waals surface area contributed by atoms with E-state index < -0.39 is 4.92 Å². The van der Waals surface area contributed by atoms with Crippen molar-refractivity contribution in [1.82, 2.24) is 0 Å². The van der Waals surface area contributed by atoms with Gasteiger partial charge < -0.3 is 10.5 Å². The molecule has 0 aromatic carbocycles. The van der Waals surface area contributed by atoms with Crippen molar-refractivity contribution in [3.63, 3.8) is 0 Å². The van der Waals surface area contributed by atoms with Gasteiger partial charge in [-0.15, -0.1) is 0 Å². The Labute approximate surface area is 94.3 Å². The maximum atomic E-state index is 10.6. The largest absolute Gasteiger partial charge is 0.399 e. The Bertz CT molecular complexity index is 325. The van der Waals surface area contributed by atoms with Crippen LogP contribution in [-0.4, -0.2) is 29.9 Å². The van der Waals surface area contributed by atoms with E-state index in [0.29, 0.717) is 18.9 Å². The highest BCUT2D eigenvalue weighted by atomic mass is 16.6. The average Bonchev–Trinajstić information content (AvgIpc) is 2.22. The van der Waals surface area contributed by atoms with Gasteiger partial charge in [-0.05, 0) is 13.3 Å². The van der Waals surface area contributed by atoms with Crippen LogP contribution in [-0.2, 0) is 4.74 Å². The molecule has 2 atom stereocenters. The van der Waals surface area contributed by atoms with E-state index in [1.807, 2.05) is 6.92 Å². The lowest BCUT2D eigenvalue weighted by atomic mass is 9.98. The molecule has 1 rings (SSSR count). The smallest absolute Gasteiger partial charge is 0.305 e. The van der Waals surface area contributed by atoms with E-state index in [0.717, 1.165) is 12.6 Å². The van der Waals surface area contributed by atoms with Crippen molar-refractivity contribution in [2.45, 2.75) is 26.3 Å². The quantitative estimate of drug-likeness (QED) is 0.441. The van der Waals surface area contributed by atoms with Crippen LogP contribution in [0.3, 0.4) is 0 Å². The number of ether oxygens (including phenoxy) is 1. The molecule has 0 aromatic rings. The molecule has 1 heterocycles. The lowest BCUT2D eigenvalue weighted by molar-refractivity contribution is -0.415. The van der Waals surface area contributed by atoms with Gasteiger partial charge in [-0.2, -0.15) is 0 Å². The second-order valence-electron chi connectivity index (χ2n) is 3.93. The van der Waals surface area contributed by atoms with Gasteiger partial charge in [-0.1, -0.05) is 6.92 Å². The minimum atomic E-state index is -0.511. The zero-order chi connectivity index (χ0) is 12.1. The summed E-state index contributed by atoms with van der Waals surface area (Å²) in [6.07, 6.45) is 1.79. The standard InChI is InChI=1S/C10H17N3O3/c1-7-6-16-4-3-9(7)12-8(2)10(5-11)13(14)15/h5,7,9H,3-4,6,11H2,1-2H3. The lowest BCUT2D eigenvalue weighted by Crippen LogP contribution is -2.29. The number of nitrogens with zero attached hydrogens (tertiary/aromatic N) is 2. The first-order valence-corrected chi connectivity index (χ1v) is 5.25. The fraction of sp³-hybridized carbons (Fsp3) is 0.700. The van der Waals surface area contributed by atoms with Gasteiger partial charge in [-0.3, -0.25) is 15.1 Å². The van der Waals surface area contributed by atoms with E-state index in [-0.39, 0.29) is 17.7 Å². The van der Waals surface area contributed by atoms with Crippen LogP contribution in [0.2, 0.25) is 0 Å². The maximum absolute atomic E-state index is 10.6. The molecule has 6 nitrogen and oxygen atoms in total. The Kier molecular flexibility index (Phi) is 4.42. The minimum absolute atomic E-state index is 0.0867. The van der Waals surface area contributed by atoms with Crippen molar-refractivity contribution in [3.05, 3.63) is 22.0 Å². The highest BCUT2D eigenvalue weighted by molar-refractivity contribution is 5.95. The summed E-state index contributed by atoms with van der Waals surface area (Å²) in [5.41, 5.74) is 5.46. The van der Waals surface area contributed by atoms with E-state index in [1.54, 1.807) is 6.92 Å². The monoisotopic (exact) mass is 227 g/mol. The Morgan fingerprint density at radius 1 is 1.69 bits per heavy atom. The molecule has 0 bridgehead atoms. The molecule has 1 fully saturated rings. The molecular formula is C10H17N3O3. The van der Waals surface area contributed by atoms with Crippen LogP contribution in [0.5, 0.6) is 0 Å².